The van der Waals surface area contributed by atoms with Crippen molar-refractivity contribution in [1.29, 1.82) is 0 Å². The van der Waals surface area contributed by atoms with E-state index < -0.39 is 11.1 Å². The van der Waals surface area contributed by atoms with Crippen molar-refractivity contribution in [3.8, 4) is 0 Å². The van der Waals surface area contributed by atoms with Crippen LogP contribution in [0.4, 0.5) is 0 Å². The highest BCUT2D eigenvalue weighted by molar-refractivity contribution is 6.38. The van der Waals surface area contributed by atoms with Crippen LogP contribution in [0.3, 0.4) is 0 Å². The Morgan fingerprint density at radius 2 is 1.20 bits per heavy atom. The summed E-state index contributed by atoms with van der Waals surface area (Å²) in [7, 11) is 0. The molecule has 2 nitrogen and oxygen atoms in total. The summed E-state index contributed by atoms with van der Waals surface area (Å²) >= 11 is 21.7. The maximum absolute atomic E-state index is 5.47. The summed E-state index contributed by atoms with van der Waals surface area (Å²) in [6.45, 7) is 0. The third kappa shape index (κ3) is 1.76. The molecule has 0 bridgehead atoms. The average molecular weight is 224 g/mol. The third-order valence-electron chi connectivity index (χ3n) is 0.793. The lowest BCUT2D eigenvalue weighted by molar-refractivity contribution is 0.0415. The van der Waals surface area contributed by atoms with Crippen molar-refractivity contribution in [2.45, 2.75) is 11.1 Å². The summed E-state index contributed by atoms with van der Waals surface area (Å²) in [5.41, 5.74) is -1.59. The molecule has 0 amide bonds. The third-order valence-corrected chi connectivity index (χ3v) is 2.18. The van der Waals surface area contributed by atoms with E-state index in [1.807, 2.05) is 0 Å². The molecule has 0 aromatic rings. The van der Waals surface area contributed by atoms with E-state index in [-0.39, 0.29) is 10.4 Å². The normalized spacial score (nSPS) is 33.2. The fourth-order valence-electron chi connectivity index (χ4n) is 0.397. The van der Waals surface area contributed by atoms with Crippen LogP contribution in [-0.2, 0) is 9.47 Å². The zero-order chi connectivity index (χ0) is 7.72. The van der Waals surface area contributed by atoms with Gasteiger partial charge in [-0.15, -0.1) is 0 Å². The van der Waals surface area contributed by atoms with Crippen molar-refractivity contribution in [3.63, 3.8) is 0 Å². The van der Waals surface area contributed by atoms with Crippen LogP contribution in [0.5, 0.6) is 0 Å². The van der Waals surface area contributed by atoms with Crippen molar-refractivity contribution in [2.75, 3.05) is 0 Å². The van der Waals surface area contributed by atoms with Crippen LogP contribution in [0.2, 0.25) is 0 Å². The summed E-state index contributed by atoms with van der Waals surface area (Å²) in [6.07, 6.45) is 0. The molecule has 0 spiro atoms. The van der Waals surface area contributed by atoms with Gasteiger partial charge >= 0.3 is 0 Å². The minimum atomic E-state index is -0.795. The van der Waals surface area contributed by atoms with Gasteiger partial charge in [-0.1, -0.05) is 23.2 Å². The molecule has 0 aromatic heterocycles. The zero-order valence-electron chi connectivity index (χ0n) is 4.48. The lowest BCUT2D eigenvalue weighted by atomic mass is 10.7. The van der Waals surface area contributed by atoms with Crippen LogP contribution in [0.1, 0.15) is 0 Å². The minimum absolute atomic E-state index is 0.0708. The number of hydrogen-bond acceptors (Lipinski definition) is 2. The Morgan fingerprint density at radius 1 is 0.900 bits per heavy atom. The van der Waals surface area contributed by atoms with E-state index in [1.54, 1.807) is 0 Å². The molecule has 2 unspecified atom stereocenters. The van der Waals surface area contributed by atoms with E-state index in [9.17, 15) is 0 Å². The van der Waals surface area contributed by atoms with Crippen LogP contribution >= 0.6 is 46.4 Å². The van der Waals surface area contributed by atoms with Crippen LogP contribution in [0.15, 0.2) is 10.4 Å². The SMILES string of the molecule is ClC1=C(Cl)OC(Cl)C(Cl)O1. The van der Waals surface area contributed by atoms with Gasteiger partial charge in [-0.2, -0.15) is 0 Å². The van der Waals surface area contributed by atoms with E-state index in [1.165, 1.54) is 0 Å². The zero-order valence-corrected chi connectivity index (χ0v) is 7.51. The van der Waals surface area contributed by atoms with Gasteiger partial charge in [0.15, 0.2) is 0 Å². The van der Waals surface area contributed by atoms with Crippen molar-refractivity contribution in [2.24, 2.45) is 0 Å². The molecule has 1 aliphatic rings. The van der Waals surface area contributed by atoms with Gasteiger partial charge in [-0.3, -0.25) is 0 Å². The Morgan fingerprint density at radius 3 is 1.50 bits per heavy atom. The number of hydrogen-bond donors (Lipinski definition) is 0. The fraction of sp³-hybridized carbons (Fsp3) is 0.500. The molecule has 1 rings (SSSR count). The monoisotopic (exact) mass is 222 g/mol. The molecule has 10 heavy (non-hydrogen) atoms. The summed E-state index contributed by atoms with van der Waals surface area (Å²) in [4.78, 5) is 0. The lowest BCUT2D eigenvalue weighted by Gasteiger charge is -2.23. The topological polar surface area (TPSA) is 18.5 Å². The smallest absolute Gasteiger partial charge is 0.244 e. The first kappa shape index (κ1) is 8.60. The van der Waals surface area contributed by atoms with Gasteiger partial charge in [0.2, 0.25) is 21.6 Å². The maximum atomic E-state index is 5.47. The Hall–Kier alpha value is 0.500. The predicted octanol–water partition coefficient (Wildman–Crippen LogP) is 2.77. The van der Waals surface area contributed by atoms with Crippen molar-refractivity contribution < 1.29 is 9.47 Å². The van der Waals surface area contributed by atoms with E-state index in [0.29, 0.717) is 0 Å². The molecule has 0 radical (unpaired) electrons. The van der Waals surface area contributed by atoms with Crippen LogP contribution < -0.4 is 0 Å². The summed E-state index contributed by atoms with van der Waals surface area (Å²) in [5, 5.41) is -0.142. The summed E-state index contributed by atoms with van der Waals surface area (Å²) in [6, 6.07) is 0. The second-order valence-corrected chi connectivity index (χ2v) is 3.03. The molecule has 1 aliphatic heterocycles. The molecule has 0 aliphatic carbocycles. The van der Waals surface area contributed by atoms with Gasteiger partial charge in [-0.05, 0) is 23.2 Å². The maximum Gasteiger partial charge on any atom is 0.244 e. The molecule has 0 N–H and O–H groups in total. The van der Waals surface area contributed by atoms with Crippen LogP contribution in [0, 0.1) is 0 Å². The summed E-state index contributed by atoms with van der Waals surface area (Å²) < 4.78 is 9.46. The molecule has 0 fully saturated rings. The molecular formula is C4H2Cl4O2. The highest BCUT2D eigenvalue weighted by atomic mass is 35.5. The van der Waals surface area contributed by atoms with Gasteiger partial charge in [0.1, 0.15) is 0 Å². The van der Waals surface area contributed by atoms with Gasteiger partial charge in [0, 0.05) is 0 Å². The van der Waals surface area contributed by atoms with E-state index in [2.05, 4.69) is 0 Å². The molecule has 0 saturated heterocycles. The van der Waals surface area contributed by atoms with E-state index in [4.69, 9.17) is 55.9 Å². The molecule has 2 atom stereocenters. The number of alkyl halides is 2. The summed E-state index contributed by atoms with van der Waals surface area (Å²) in [5.74, 6) is 0. The van der Waals surface area contributed by atoms with Crippen LogP contribution in [0.25, 0.3) is 0 Å². The molecule has 1 heterocycles. The molecule has 58 valence electrons. The van der Waals surface area contributed by atoms with Crippen LogP contribution in [-0.4, -0.2) is 11.1 Å². The van der Waals surface area contributed by atoms with Crippen molar-refractivity contribution in [3.05, 3.63) is 10.4 Å². The Bertz CT molecular complexity index is 151. The Balaban J connectivity index is 2.69. The second-order valence-electron chi connectivity index (χ2n) is 1.49. The molecular weight excluding hydrogens is 222 g/mol. The first-order valence-corrected chi connectivity index (χ1v) is 3.91. The van der Waals surface area contributed by atoms with Gasteiger partial charge < -0.3 is 9.47 Å². The molecule has 0 saturated carbocycles. The quantitative estimate of drug-likeness (QED) is 0.588. The van der Waals surface area contributed by atoms with Gasteiger partial charge in [0.05, 0.1) is 0 Å². The first-order valence-electron chi connectivity index (χ1n) is 2.28. The Labute approximate surface area is 77.6 Å². The number of halogens is 4. The highest BCUT2D eigenvalue weighted by Crippen LogP contribution is 2.30. The fourth-order valence-corrected chi connectivity index (χ4v) is 1.05. The van der Waals surface area contributed by atoms with Gasteiger partial charge in [-0.25, -0.2) is 0 Å². The molecule has 0 aromatic carbocycles. The number of rotatable bonds is 0. The van der Waals surface area contributed by atoms with Crippen molar-refractivity contribution >= 4 is 46.4 Å². The van der Waals surface area contributed by atoms with E-state index in [0.717, 1.165) is 0 Å². The largest absolute Gasteiger partial charge is 0.454 e. The standard InChI is InChI=1S/C4H2Cl4O2/c5-1-2(6)10-4(8)3(7)9-1/h1-2H. The highest BCUT2D eigenvalue weighted by Gasteiger charge is 2.28. The van der Waals surface area contributed by atoms with Gasteiger partial charge in [0.25, 0.3) is 0 Å². The first-order chi connectivity index (χ1) is 4.61. The lowest BCUT2D eigenvalue weighted by Crippen LogP contribution is -2.24. The average Bonchev–Trinajstić information content (AvgIpc) is 1.84. The van der Waals surface area contributed by atoms with E-state index >= 15 is 0 Å². The molecule has 6 heteroatoms. The minimum Gasteiger partial charge on any atom is -0.454 e. The number of ether oxygens (including phenoxy) is 2. The Kier molecular flexibility index (Phi) is 2.81. The second kappa shape index (κ2) is 3.26. The predicted molar refractivity (Wildman–Crippen MR) is 40.2 cm³/mol. The van der Waals surface area contributed by atoms with Crippen molar-refractivity contribution in [1.82, 2.24) is 0 Å².